The van der Waals surface area contributed by atoms with Crippen LogP contribution >= 0.6 is 0 Å². The highest BCUT2D eigenvalue weighted by Gasteiger charge is 2.14. The molecule has 1 aliphatic heterocycles. The Kier molecular flexibility index (Phi) is 1.88. The molecule has 1 aliphatic rings. The van der Waals surface area contributed by atoms with Crippen LogP contribution in [-0.2, 0) is 17.8 Å². The van der Waals surface area contributed by atoms with E-state index in [0.717, 1.165) is 24.0 Å². The molecule has 0 spiro atoms. The second kappa shape index (κ2) is 3.05. The molecule has 0 unspecified atom stereocenters. The molecule has 0 aliphatic carbocycles. The lowest BCUT2D eigenvalue weighted by Gasteiger charge is -2.24. The largest absolute Gasteiger partial charge is 0.341 e. The van der Waals surface area contributed by atoms with Crippen molar-refractivity contribution in [2.45, 2.75) is 13.0 Å². The van der Waals surface area contributed by atoms with Gasteiger partial charge in [-0.1, -0.05) is 0 Å². The van der Waals surface area contributed by atoms with Gasteiger partial charge in [-0.15, -0.1) is 0 Å². The van der Waals surface area contributed by atoms with Crippen LogP contribution < -0.4 is 5.56 Å². The molecular weight excluding hydrogens is 168 g/mol. The number of H-pyrrole nitrogens is 1. The number of nitrogens with zero attached hydrogens (tertiary/aromatic N) is 1. The first-order valence-electron chi connectivity index (χ1n) is 4.19. The predicted octanol–water partition coefficient (Wildman–Crippen LogP) is -0.111. The van der Waals surface area contributed by atoms with Crippen LogP contribution in [0.3, 0.4) is 0 Å². The topological polar surface area (TPSA) is 53.2 Å². The second-order valence-corrected chi connectivity index (χ2v) is 3.17. The summed E-state index contributed by atoms with van der Waals surface area (Å²) < 4.78 is 0. The second-order valence-electron chi connectivity index (χ2n) is 3.17. The molecule has 0 fully saturated rings. The Morgan fingerprint density at radius 2 is 2.31 bits per heavy atom. The number of carbonyl (C=O) groups excluding carboxylic acids is 1. The maximum absolute atomic E-state index is 11.0. The van der Waals surface area contributed by atoms with Gasteiger partial charge in [-0.05, 0) is 17.5 Å². The zero-order valence-electron chi connectivity index (χ0n) is 7.12. The van der Waals surface area contributed by atoms with Gasteiger partial charge in [0.15, 0.2) is 0 Å². The van der Waals surface area contributed by atoms with Gasteiger partial charge >= 0.3 is 0 Å². The lowest BCUT2D eigenvalue weighted by atomic mass is 10.0. The summed E-state index contributed by atoms with van der Waals surface area (Å²) in [5.41, 5.74) is 2.03. The smallest absolute Gasteiger partial charge is 0.248 e. The third-order valence-corrected chi connectivity index (χ3v) is 2.30. The van der Waals surface area contributed by atoms with E-state index in [1.807, 2.05) is 0 Å². The Hall–Kier alpha value is -1.58. The molecule has 1 amide bonds. The molecule has 1 aromatic rings. The minimum atomic E-state index is -0.0710. The van der Waals surface area contributed by atoms with E-state index in [2.05, 4.69) is 4.98 Å². The average molecular weight is 178 g/mol. The number of carbonyl (C=O) groups is 1. The number of pyridine rings is 1. The van der Waals surface area contributed by atoms with E-state index in [-0.39, 0.29) is 5.56 Å². The van der Waals surface area contributed by atoms with Gasteiger partial charge < -0.3 is 9.88 Å². The number of hydrogen-bond donors (Lipinski definition) is 1. The highest BCUT2D eigenvalue weighted by molar-refractivity contribution is 5.48. The van der Waals surface area contributed by atoms with Crippen molar-refractivity contribution in [2.75, 3.05) is 6.54 Å². The summed E-state index contributed by atoms with van der Waals surface area (Å²) >= 11 is 0. The van der Waals surface area contributed by atoms with Crippen LogP contribution in [-0.4, -0.2) is 22.8 Å². The van der Waals surface area contributed by atoms with E-state index in [1.165, 1.54) is 0 Å². The molecule has 0 radical (unpaired) electrons. The van der Waals surface area contributed by atoms with E-state index in [4.69, 9.17) is 0 Å². The molecule has 0 atom stereocenters. The van der Waals surface area contributed by atoms with E-state index in [1.54, 1.807) is 17.2 Å². The minimum absolute atomic E-state index is 0.0710. The summed E-state index contributed by atoms with van der Waals surface area (Å²) in [6.07, 6.45) is 3.30. The minimum Gasteiger partial charge on any atom is -0.341 e. The Morgan fingerprint density at radius 1 is 1.46 bits per heavy atom. The van der Waals surface area contributed by atoms with Crippen molar-refractivity contribution in [1.29, 1.82) is 0 Å². The molecule has 1 aromatic heterocycles. The molecule has 13 heavy (non-hydrogen) atoms. The zero-order chi connectivity index (χ0) is 9.26. The van der Waals surface area contributed by atoms with Crippen LogP contribution in [0.1, 0.15) is 11.1 Å². The van der Waals surface area contributed by atoms with Crippen molar-refractivity contribution in [3.63, 3.8) is 0 Å². The van der Waals surface area contributed by atoms with E-state index < -0.39 is 0 Å². The van der Waals surface area contributed by atoms with Crippen LogP contribution in [0, 0.1) is 0 Å². The Morgan fingerprint density at radius 3 is 3.08 bits per heavy atom. The van der Waals surface area contributed by atoms with Gasteiger partial charge in [0.05, 0.1) is 0 Å². The van der Waals surface area contributed by atoms with Gasteiger partial charge in [-0.3, -0.25) is 9.59 Å². The van der Waals surface area contributed by atoms with Crippen molar-refractivity contribution in [2.24, 2.45) is 0 Å². The highest BCUT2D eigenvalue weighted by atomic mass is 16.1. The Bertz CT molecular complexity index is 383. The Labute approximate surface area is 75.2 Å². The third kappa shape index (κ3) is 1.47. The van der Waals surface area contributed by atoms with E-state index in [9.17, 15) is 9.59 Å². The van der Waals surface area contributed by atoms with E-state index >= 15 is 0 Å². The van der Waals surface area contributed by atoms with Gasteiger partial charge in [0.2, 0.25) is 12.0 Å². The van der Waals surface area contributed by atoms with Crippen molar-refractivity contribution in [1.82, 2.24) is 9.88 Å². The quantitative estimate of drug-likeness (QED) is 0.610. The number of amides is 1. The fourth-order valence-corrected chi connectivity index (χ4v) is 1.58. The first-order valence-corrected chi connectivity index (χ1v) is 4.19. The number of hydrogen-bond acceptors (Lipinski definition) is 2. The van der Waals surface area contributed by atoms with Crippen molar-refractivity contribution >= 4 is 6.41 Å². The van der Waals surface area contributed by atoms with Gasteiger partial charge in [-0.2, -0.15) is 0 Å². The maximum atomic E-state index is 11.0. The third-order valence-electron chi connectivity index (χ3n) is 2.30. The summed E-state index contributed by atoms with van der Waals surface area (Å²) in [6.45, 7) is 1.32. The van der Waals surface area contributed by atoms with Crippen LogP contribution in [0.5, 0.6) is 0 Å². The zero-order valence-corrected chi connectivity index (χ0v) is 7.12. The fraction of sp³-hybridized carbons (Fsp3) is 0.333. The molecule has 1 N–H and O–H groups in total. The SMILES string of the molecule is O=CN1CCc2cc(=O)[nH]cc2C1. The normalized spacial score (nSPS) is 15.2. The van der Waals surface area contributed by atoms with Gasteiger partial charge in [0.25, 0.3) is 0 Å². The van der Waals surface area contributed by atoms with Crippen LogP contribution in [0.2, 0.25) is 0 Å². The van der Waals surface area contributed by atoms with E-state index in [0.29, 0.717) is 13.1 Å². The molecule has 0 bridgehead atoms. The van der Waals surface area contributed by atoms with Crippen molar-refractivity contribution in [3.05, 3.63) is 33.7 Å². The summed E-state index contributed by atoms with van der Waals surface area (Å²) in [7, 11) is 0. The predicted molar refractivity (Wildman–Crippen MR) is 47.2 cm³/mol. The fourth-order valence-electron chi connectivity index (χ4n) is 1.58. The van der Waals surface area contributed by atoms with Crippen molar-refractivity contribution in [3.8, 4) is 0 Å². The van der Waals surface area contributed by atoms with Gasteiger partial charge in [0, 0.05) is 25.4 Å². The molecule has 2 rings (SSSR count). The molecule has 0 aromatic carbocycles. The lowest BCUT2D eigenvalue weighted by Crippen LogP contribution is -2.30. The number of rotatable bonds is 1. The molecule has 0 saturated carbocycles. The average Bonchev–Trinajstić information content (AvgIpc) is 2.17. The molecule has 4 nitrogen and oxygen atoms in total. The first-order chi connectivity index (χ1) is 6.29. The molecule has 0 saturated heterocycles. The Balaban J connectivity index is 2.36. The summed E-state index contributed by atoms with van der Waals surface area (Å²) in [4.78, 5) is 25.7. The van der Waals surface area contributed by atoms with Gasteiger partial charge in [-0.25, -0.2) is 0 Å². The van der Waals surface area contributed by atoms with Crippen LogP contribution in [0.4, 0.5) is 0 Å². The highest BCUT2D eigenvalue weighted by Crippen LogP contribution is 2.14. The van der Waals surface area contributed by atoms with Crippen LogP contribution in [0.15, 0.2) is 17.1 Å². The summed E-state index contributed by atoms with van der Waals surface area (Å²) in [5, 5.41) is 0. The summed E-state index contributed by atoms with van der Waals surface area (Å²) in [5.74, 6) is 0. The van der Waals surface area contributed by atoms with Crippen molar-refractivity contribution < 1.29 is 4.79 Å². The molecule has 4 heteroatoms. The first kappa shape index (κ1) is 8.04. The molecular formula is C9H10N2O2. The number of aromatic nitrogens is 1. The maximum Gasteiger partial charge on any atom is 0.248 e. The monoisotopic (exact) mass is 178 g/mol. The lowest BCUT2D eigenvalue weighted by molar-refractivity contribution is -0.118. The number of nitrogens with one attached hydrogen (secondary N) is 1. The van der Waals surface area contributed by atoms with Crippen LogP contribution in [0.25, 0.3) is 0 Å². The standard InChI is InChI=1S/C9H10N2O2/c12-6-11-2-1-7-3-9(13)10-4-8(7)5-11/h3-4,6H,1-2,5H2,(H,10,13). The summed E-state index contributed by atoms with van der Waals surface area (Å²) in [6, 6.07) is 1.61. The number of fused-ring (bicyclic) bond motifs is 1. The van der Waals surface area contributed by atoms with Gasteiger partial charge in [0.1, 0.15) is 0 Å². The molecule has 2 heterocycles. The molecule has 68 valence electrons. The number of aromatic amines is 1.